The molecule has 3 heteroatoms. The van der Waals surface area contributed by atoms with Gasteiger partial charge < -0.3 is 9.88 Å². The molecule has 2 aromatic carbocycles. The molecule has 3 rings (SSSR count). The number of rotatable bonds is 4. The van der Waals surface area contributed by atoms with Crippen LogP contribution in [0.5, 0.6) is 0 Å². The third-order valence-corrected chi connectivity index (χ3v) is 3.65. The number of aryl methyl sites for hydroxylation is 2. The standard InChI is InChI=1S/C18H19N3/c1-14-7-8-16(15(2)11-14)12-20-17-5-3-4-6-18(17)21-10-9-19-13-21/h3-11,13,20H,12H2,1-2H3. The fourth-order valence-corrected chi connectivity index (χ4v) is 2.48. The van der Waals surface area contributed by atoms with E-state index in [4.69, 9.17) is 0 Å². The van der Waals surface area contributed by atoms with Gasteiger partial charge in [0.15, 0.2) is 0 Å². The largest absolute Gasteiger partial charge is 0.379 e. The van der Waals surface area contributed by atoms with Crippen LogP contribution in [0.2, 0.25) is 0 Å². The lowest BCUT2D eigenvalue weighted by Crippen LogP contribution is -2.04. The molecule has 0 saturated heterocycles. The van der Waals surface area contributed by atoms with Crippen molar-refractivity contribution in [2.75, 3.05) is 5.32 Å². The van der Waals surface area contributed by atoms with Crippen molar-refractivity contribution in [2.24, 2.45) is 0 Å². The first-order chi connectivity index (χ1) is 10.2. The Morgan fingerprint density at radius 1 is 1.10 bits per heavy atom. The van der Waals surface area contributed by atoms with Crippen molar-refractivity contribution < 1.29 is 0 Å². The topological polar surface area (TPSA) is 29.9 Å². The Kier molecular flexibility index (Phi) is 3.73. The highest BCUT2D eigenvalue weighted by molar-refractivity contribution is 5.61. The van der Waals surface area contributed by atoms with E-state index in [2.05, 4.69) is 54.5 Å². The Morgan fingerprint density at radius 3 is 2.71 bits per heavy atom. The maximum absolute atomic E-state index is 4.12. The van der Waals surface area contributed by atoms with Crippen LogP contribution < -0.4 is 5.32 Å². The molecule has 0 atom stereocenters. The predicted octanol–water partition coefficient (Wildman–Crippen LogP) is 4.10. The van der Waals surface area contributed by atoms with Gasteiger partial charge in [-0.3, -0.25) is 0 Å². The first kappa shape index (κ1) is 13.4. The van der Waals surface area contributed by atoms with Crippen LogP contribution in [0.15, 0.2) is 61.2 Å². The fraction of sp³-hybridized carbons (Fsp3) is 0.167. The summed E-state index contributed by atoms with van der Waals surface area (Å²) in [5, 5.41) is 3.53. The van der Waals surface area contributed by atoms with Crippen LogP contribution in [0.4, 0.5) is 5.69 Å². The summed E-state index contributed by atoms with van der Waals surface area (Å²) in [5.41, 5.74) is 6.16. The van der Waals surface area contributed by atoms with Gasteiger partial charge in [-0.2, -0.15) is 0 Å². The minimum Gasteiger partial charge on any atom is -0.379 e. The van der Waals surface area contributed by atoms with Gasteiger partial charge in [0.25, 0.3) is 0 Å². The molecule has 3 aromatic rings. The van der Waals surface area contributed by atoms with Crippen molar-refractivity contribution in [1.29, 1.82) is 0 Å². The van der Waals surface area contributed by atoms with Crippen LogP contribution >= 0.6 is 0 Å². The molecule has 0 amide bonds. The number of para-hydroxylation sites is 2. The molecule has 1 aromatic heterocycles. The molecule has 3 nitrogen and oxygen atoms in total. The molecule has 0 saturated carbocycles. The molecular formula is C18H19N3. The summed E-state index contributed by atoms with van der Waals surface area (Å²) in [5.74, 6) is 0. The van der Waals surface area contributed by atoms with Gasteiger partial charge in [0, 0.05) is 18.9 Å². The SMILES string of the molecule is Cc1ccc(CNc2ccccc2-n2ccnc2)c(C)c1. The van der Waals surface area contributed by atoms with E-state index in [1.807, 2.05) is 29.2 Å². The monoisotopic (exact) mass is 277 g/mol. The van der Waals surface area contributed by atoms with Crippen molar-refractivity contribution in [1.82, 2.24) is 9.55 Å². The van der Waals surface area contributed by atoms with E-state index in [0.717, 1.165) is 17.9 Å². The number of hydrogen-bond donors (Lipinski definition) is 1. The van der Waals surface area contributed by atoms with E-state index in [9.17, 15) is 0 Å². The number of aromatic nitrogens is 2. The van der Waals surface area contributed by atoms with Gasteiger partial charge in [0.05, 0.1) is 17.7 Å². The van der Waals surface area contributed by atoms with Crippen LogP contribution in [0.3, 0.4) is 0 Å². The minimum absolute atomic E-state index is 0.817. The van der Waals surface area contributed by atoms with E-state index >= 15 is 0 Å². The average Bonchev–Trinajstić information content (AvgIpc) is 3.01. The smallest absolute Gasteiger partial charge is 0.0992 e. The van der Waals surface area contributed by atoms with Crippen molar-refractivity contribution in [3.63, 3.8) is 0 Å². The van der Waals surface area contributed by atoms with E-state index in [-0.39, 0.29) is 0 Å². The molecule has 0 bridgehead atoms. The zero-order valence-electron chi connectivity index (χ0n) is 12.4. The zero-order valence-corrected chi connectivity index (χ0v) is 12.4. The second-order valence-corrected chi connectivity index (χ2v) is 5.27. The molecule has 0 radical (unpaired) electrons. The Morgan fingerprint density at radius 2 is 1.95 bits per heavy atom. The van der Waals surface area contributed by atoms with E-state index in [0.29, 0.717) is 0 Å². The molecule has 106 valence electrons. The average molecular weight is 277 g/mol. The molecule has 0 spiro atoms. The second kappa shape index (κ2) is 5.83. The molecule has 1 N–H and O–H groups in total. The third kappa shape index (κ3) is 2.97. The highest BCUT2D eigenvalue weighted by Crippen LogP contribution is 2.21. The molecular weight excluding hydrogens is 258 g/mol. The van der Waals surface area contributed by atoms with Crippen LogP contribution in [0.1, 0.15) is 16.7 Å². The molecule has 0 aliphatic heterocycles. The number of anilines is 1. The number of imidazole rings is 1. The lowest BCUT2D eigenvalue weighted by Gasteiger charge is -2.14. The molecule has 21 heavy (non-hydrogen) atoms. The van der Waals surface area contributed by atoms with Crippen molar-refractivity contribution in [3.8, 4) is 5.69 Å². The fourth-order valence-electron chi connectivity index (χ4n) is 2.48. The van der Waals surface area contributed by atoms with Crippen LogP contribution in [0.25, 0.3) is 5.69 Å². The zero-order chi connectivity index (χ0) is 14.7. The van der Waals surface area contributed by atoms with Crippen molar-refractivity contribution in [3.05, 3.63) is 77.9 Å². The highest BCUT2D eigenvalue weighted by Gasteiger charge is 2.04. The summed E-state index contributed by atoms with van der Waals surface area (Å²) in [6.45, 7) is 5.10. The van der Waals surface area contributed by atoms with Crippen molar-refractivity contribution in [2.45, 2.75) is 20.4 Å². The van der Waals surface area contributed by atoms with Gasteiger partial charge >= 0.3 is 0 Å². The van der Waals surface area contributed by atoms with Gasteiger partial charge in [-0.1, -0.05) is 35.9 Å². The highest BCUT2D eigenvalue weighted by atomic mass is 15.0. The van der Waals surface area contributed by atoms with E-state index in [1.54, 1.807) is 6.20 Å². The normalized spacial score (nSPS) is 10.6. The van der Waals surface area contributed by atoms with Gasteiger partial charge in [0.2, 0.25) is 0 Å². The van der Waals surface area contributed by atoms with E-state index < -0.39 is 0 Å². The van der Waals surface area contributed by atoms with E-state index in [1.165, 1.54) is 16.7 Å². The van der Waals surface area contributed by atoms with Gasteiger partial charge in [-0.25, -0.2) is 4.98 Å². The van der Waals surface area contributed by atoms with Gasteiger partial charge in [-0.05, 0) is 37.1 Å². The maximum Gasteiger partial charge on any atom is 0.0992 e. The summed E-state index contributed by atoms with van der Waals surface area (Å²) in [6.07, 6.45) is 5.57. The molecule has 0 aliphatic rings. The van der Waals surface area contributed by atoms with Crippen molar-refractivity contribution >= 4 is 5.69 Å². The second-order valence-electron chi connectivity index (χ2n) is 5.27. The Labute approximate surface area is 125 Å². The summed E-state index contributed by atoms with van der Waals surface area (Å²) >= 11 is 0. The number of hydrogen-bond acceptors (Lipinski definition) is 2. The number of nitrogens with zero attached hydrogens (tertiary/aromatic N) is 2. The first-order valence-corrected chi connectivity index (χ1v) is 7.11. The molecule has 0 aliphatic carbocycles. The number of benzene rings is 2. The first-order valence-electron chi connectivity index (χ1n) is 7.11. The Hall–Kier alpha value is -2.55. The quantitative estimate of drug-likeness (QED) is 0.778. The molecule has 0 fully saturated rings. The van der Waals surface area contributed by atoms with Crippen LogP contribution in [0, 0.1) is 13.8 Å². The van der Waals surface area contributed by atoms with Gasteiger partial charge in [0.1, 0.15) is 0 Å². The van der Waals surface area contributed by atoms with Crippen LogP contribution in [-0.2, 0) is 6.54 Å². The Bertz CT molecular complexity index is 730. The minimum atomic E-state index is 0.817. The maximum atomic E-state index is 4.12. The summed E-state index contributed by atoms with van der Waals surface area (Å²) < 4.78 is 2.02. The lowest BCUT2D eigenvalue weighted by atomic mass is 10.1. The van der Waals surface area contributed by atoms with Gasteiger partial charge in [-0.15, -0.1) is 0 Å². The Balaban J connectivity index is 1.83. The summed E-state index contributed by atoms with van der Waals surface area (Å²) in [7, 11) is 0. The molecule has 1 heterocycles. The third-order valence-electron chi connectivity index (χ3n) is 3.65. The summed E-state index contributed by atoms with van der Waals surface area (Å²) in [4.78, 5) is 4.12. The number of nitrogens with one attached hydrogen (secondary N) is 1. The molecule has 0 unspecified atom stereocenters. The summed E-state index contributed by atoms with van der Waals surface area (Å²) in [6, 6.07) is 14.8. The van der Waals surface area contributed by atoms with Crippen LogP contribution in [-0.4, -0.2) is 9.55 Å². The lowest BCUT2D eigenvalue weighted by molar-refractivity contribution is 1.04. The predicted molar refractivity (Wildman–Crippen MR) is 86.8 cm³/mol.